The van der Waals surface area contributed by atoms with Crippen molar-refractivity contribution in [3.05, 3.63) is 8.25 Å². The van der Waals surface area contributed by atoms with Gasteiger partial charge in [0.2, 0.25) is 0 Å². The van der Waals surface area contributed by atoms with Crippen LogP contribution in [0.25, 0.3) is 8.25 Å². The molecule has 0 aliphatic heterocycles. The van der Waals surface area contributed by atoms with Crippen LogP contribution in [-0.2, 0) is 42.4 Å². The van der Waals surface area contributed by atoms with Crippen LogP contribution in [0.2, 0.25) is 0 Å². The van der Waals surface area contributed by atoms with E-state index in [9.17, 15) is 51.1 Å². The van der Waals surface area contributed by atoms with E-state index in [-0.39, 0.29) is 0 Å². The highest BCUT2D eigenvalue weighted by atomic mass is 32.3. The highest BCUT2D eigenvalue weighted by molar-refractivity contribution is 8.21. The quantitative estimate of drug-likeness (QED) is 0.484. The number of rotatable bonds is 6. The van der Waals surface area contributed by atoms with E-state index in [0.29, 0.717) is 0 Å². The number of sulfonamides is 2. The van der Waals surface area contributed by atoms with E-state index in [1.54, 1.807) is 0 Å². The van der Waals surface area contributed by atoms with E-state index < -0.39 is 52.5 Å². The largest absolute Gasteiger partial charge is 0.453 e. The smallest absolute Gasteiger partial charge is 0.450 e. The molecule has 0 aliphatic carbocycles. The summed E-state index contributed by atoms with van der Waals surface area (Å²) in [6, 6.07) is 0. The average molecular weight is 390 g/mol. The van der Waals surface area contributed by atoms with E-state index in [2.05, 4.69) is 0 Å². The van der Waals surface area contributed by atoms with E-state index in [1.165, 1.54) is 4.13 Å². The topological polar surface area (TPSA) is 131 Å². The van der Waals surface area contributed by atoms with E-state index in [1.807, 2.05) is 0 Å². The molecule has 0 rings (SSSR count). The van der Waals surface area contributed by atoms with Crippen molar-refractivity contribution in [2.24, 2.45) is 0 Å². The Morgan fingerprint density at radius 2 is 1.15 bits per heavy atom. The van der Waals surface area contributed by atoms with Crippen molar-refractivity contribution in [2.75, 3.05) is 0 Å². The van der Waals surface area contributed by atoms with Crippen LogP contribution in [0, 0.1) is 0 Å². The molecule has 0 N–H and O–H groups in total. The maximum absolute atomic E-state index is 12.9. The lowest BCUT2D eigenvalue weighted by Crippen LogP contribution is -2.37. The summed E-state index contributed by atoms with van der Waals surface area (Å²) in [5, 5.41) is 0. The van der Waals surface area contributed by atoms with Gasteiger partial charge in [0.05, 0.1) is 0 Å². The summed E-state index contributed by atoms with van der Waals surface area (Å²) < 4.78 is 131. The molecule has 2 unspecified atom stereocenters. The van der Waals surface area contributed by atoms with Crippen LogP contribution < -0.4 is 0 Å². The van der Waals surface area contributed by atoms with Crippen molar-refractivity contribution in [1.82, 2.24) is 0 Å². The van der Waals surface area contributed by atoms with Crippen LogP contribution in [0.4, 0.5) is 25.8 Å². The minimum Gasteiger partial charge on any atom is -0.450 e. The first kappa shape index (κ1) is 19.7. The molecule has 122 valence electrons. The molecule has 0 aliphatic rings. The van der Waals surface area contributed by atoms with Gasteiger partial charge in [0, 0.05) is 11.0 Å². The number of hydrogen-bond donors (Lipinski definition) is 0. The zero-order chi connectivity index (χ0) is 16.6. The first-order valence-corrected chi connectivity index (χ1v) is 8.44. The van der Waals surface area contributed by atoms with E-state index in [4.69, 9.17) is 0 Å². The maximum Gasteiger partial charge on any atom is 0.453 e. The molecule has 0 heterocycles. The zero-order valence-corrected chi connectivity index (χ0v) is 11.5. The number of nitrogens with zero attached hydrogens (tertiary/aromatic N) is 2. The molecule has 8 nitrogen and oxygen atoms in total. The molecule has 0 aromatic carbocycles. The van der Waals surface area contributed by atoms with Crippen molar-refractivity contribution >= 4 is 42.4 Å². The third-order valence-corrected chi connectivity index (χ3v) is 6.56. The second-order valence-electron chi connectivity index (χ2n) is 2.46. The molecule has 2 atom stereocenters. The second-order valence-corrected chi connectivity index (χ2v) is 8.22. The van der Waals surface area contributed by atoms with Crippen molar-refractivity contribution in [2.45, 2.75) is 10.1 Å². The van der Waals surface area contributed by atoms with Gasteiger partial charge in [-0.2, -0.15) is 25.8 Å². The normalized spacial score (nSPS) is 17.7. The van der Waals surface area contributed by atoms with Crippen molar-refractivity contribution < 1.29 is 51.1 Å². The molecular weight excluding hydrogens is 390 g/mol. The molecule has 0 fully saturated rings. The predicted molar refractivity (Wildman–Crippen MR) is 53.0 cm³/mol. The van der Waals surface area contributed by atoms with Crippen LogP contribution in [0.5, 0.6) is 0 Å². The molecule has 0 radical (unpaired) electrons. The summed E-state index contributed by atoms with van der Waals surface area (Å²) in [5.74, 6) is 0. The van der Waals surface area contributed by atoms with Crippen molar-refractivity contribution in [3.63, 3.8) is 0 Å². The summed E-state index contributed by atoms with van der Waals surface area (Å²) in [4.78, 5) is 0. The Morgan fingerprint density at radius 3 is 1.45 bits per heavy atom. The Kier molecular flexibility index (Phi) is 5.74. The molecule has 0 amide bonds. The molecule has 20 heavy (non-hydrogen) atoms. The number of hydrogen-bond acceptors (Lipinski definition) is 6. The molecule has 0 aromatic heterocycles. The third kappa shape index (κ3) is 4.35. The maximum atomic E-state index is 12.9. The van der Waals surface area contributed by atoms with Crippen LogP contribution >= 0.6 is 0 Å². The molecule has 0 spiro atoms. The summed E-state index contributed by atoms with van der Waals surface area (Å²) in [6.45, 7) is 0. The van der Waals surface area contributed by atoms with Gasteiger partial charge >= 0.3 is 10.1 Å². The molecule has 0 saturated carbocycles. The van der Waals surface area contributed by atoms with Crippen molar-refractivity contribution in [1.29, 1.82) is 0 Å². The van der Waals surface area contributed by atoms with Crippen LogP contribution in [0.15, 0.2) is 0 Å². The fourth-order valence-corrected chi connectivity index (χ4v) is 4.40. The Labute approximate surface area is 112 Å². The van der Waals surface area contributed by atoms with E-state index in [0.717, 1.165) is 4.13 Å². The highest BCUT2D eigenvalue weighted by Crippen LogP contribution is 2.39. The summed E-state index contributed by atoms with van der Waals surface area (Å²) in [6.07, 6.45) is 0. The lowest BCUT2D eigenvalue weighted by atomic mass is 11.6. The highest BCUT2D eigenvalue weighted by Gasteiger charge is 2.50. The summed E-state index contributed by atoms with van der Waals surface area (Å²) in [7, 11) is -18.3. The minimum atomic E-state index is -6.86. The Hall–Kier alpha value is -0.300. The first-order valence-electron chi connectivity index (χ1n) is 3.44. The Bertz CT molecular complexity index is 620. The number of halogens is 6. The molecule has 18 heteroatoms. The predicted octanol–water partition coefficient (Wildman–Crippen LogP) is 0.675. The standard InChI is InChI=1S/C2F6N2O6S4/c3-1(4,5)17(11)9-19(13,14)2(6,7)20(15,16)10-18(8)12/q-2. The monoisotopic (exact) mass is 390 g/mol. The first-order chi connectivity index (χ1) is 8.54. The Balaban J connectivity index is 5.61. The van der Waals surface area contributed by atoms with Crippen molar-refractivity contribution in [3.8, 4) is 0 Å². The van der Waals surface area contributed by atoms with Crippen LogP contribution in [0.1, 0.15) is 0 Å². The molecule has 0 aromatic rings. The van der Waals surface area contributed by atoms with Gasteiger partial charge in [-0.25, -0.2) is 21.0 Å². The van der Waals surface area contributed by atoms with E-state index >= 15 is 0 Å². The van der Waals surface area contributed by atoms with Crippen LogP contribution in [0.3, 0.4) is 0 Å². The zero-order valence-electron chi connectivity index (χ0n) is 8.24. The summed E-state index contributed by atoms with van der Waals surface area (Å²) >= 11 is -4.29. The number of alkyl halides is 5. The minimum absolute atomic E-state index is 1.13. The fraction of sp³-hybridized carbons (Fsp3) is 1.00. The van der Waals surface area contributed by atoms with Gasteiger partial charge < -0.3 is 8.25 Å². The second kappa shape index (κ2) is 5.83. The lowest BCUT2D eigenvalue weighted by Gasteiger charge is -2.30. The molecule has 0 saturated heterocycles. The molecular formula is C2F6N2O6S4-2. The lowest BCUT2D eigenvalue weighted by molar-refractivity contribution is -0.0375. The summed E-state index contributed by atoms with van der Waals surface area (Å²) in [5.41, 5.74) is -5.87. The SMILES string of the molecule is O=S(F)[N-]S(=O)(=O)C(F)(F)S(=O)(=O)[N-]S(=O)C(F)(F)F. The molecule has 0 bridgehead atoms. The Morgan fingerprint density at radius 1 is 0.800 bits per heavy atom. The van der Waals surface area contributed by atoms with Crippen LogP contribution in [-0.4, -0.2) is 35.3 Å². The van der Waals surface area contributed by atoms with Gasteiger partial charge in [-0.05, 0) is 0 Å². The van der Waals surface area contributed by atoms with Gasteiger partial charge in [-0.3, -0.25) is 4.21 Å². The van der Waals surface area contributed by atoms with Gasteiger partial charge in [-0.15, -0.1) is 0 Å². The average Bonchev–Trinajstić information content (AvgIpc) is 2.12. The third-order valence-electron chi connectivity index (χ3n) is 1.12. The van der Waals surface area contributed by atoms with Gasteiger partial charge in [-0.1, -0.05) is 0 Å². The van der Waals surface area contributed by atoms with Gasteiger partial charge in [0.15, 0.2) is 20.0 Å². The van der Waals surface area contributed by atoms with Gasteiger partial charge in [0.1, 0.15) is 11.4 Å². The fourth-order valence-electron chi connectivity index (χ4n) is 0.428. The van der Waals surface area contributed by atoms with Gasteiger partial charge in [0.25, 0.3) is 0 Å².